The number of methoxy groups -OCH3 is 1. The first-order valence-electron chi connectivity index (χ1n) is 3.91. The molecule has 2 heterocycles. The summed E-state index contributed by atoms with van der Waals surface area (Å²) in [6.07, 6.45) is 1.54. The zero-order chi connectivity index (χ0) is 10.8. The van der Waals surface area contributed by atoms with Crippen LogP contribution >= 0.6 is 11.3 Å². The minimum absolute atomic E-state index is 0.127. The highest BCUT2D eigenvalue weighted by Gasteiger charge is 2.14. The minimum atomic E-state index is -1.12. The summed E-state index contributed by atoms with van der Waals surface area (Å²) in [5.74, 6) is -0.755. The molecule has 7 heteroatoms. The Morgan fingerprint density at radius 3 is 3.00 bits per heavy atom. The van der Waals surface area contributed by atoms with Crippen LogP contribution in [0.15, 0.2) is 16.8 Å². The van der Waals surface area contributed by atoms with Crippen molar-refractivity contribution >= 4 is 17.3 Å². The van der Waals surface area contributed by atoms with Gasteiger partial charge in [0, 0.05) is 6.07 Å². The van der Waals surface area contributed by atoms with Crippen molar-refractivity contribution in [3.63, 3.8) is 0 Å². The van der Waals surface area contributed by atoms with Crippen LogP contribution in [0, 0.1) is 0 Å². The normalized spacial score (nSPS) is 10.2. The van der Waals surface area contributed by atoms with Crippen LogP contribution in [0.25, 0.3) is 10.6 Å². The van der Waals surface area contributed by atoms with Gasteiger partial charge in [-0.2, -0.15) is 0 Å². The number of carbonyl (C=O) groups is 1. The molecule has 0 fully saturated rings. The van der Waals surface area contributed by atoms with E-state index in [0.717, 1.165) is 0 Å². The maximum Gasteiger partial charge on any atom is 0.358 e. The van der Waals surface area contributed by atoms with Gasteiger partial charge in [-0.3, -0.25) is 0 Å². The minimum Gasteiger partial charge on any atom is -0.476 e. The van der Waals surface area contributed by atoms with Crippen molar-refractivity contribution in [1.82, 2.24) is 10.1 Å². The van der Waals surface area contributed by atoms with E-state index in [-0.39, 0.29) is 5.69 Å². The van der Waals surface area contributed by atoms with E-state index in [9.17, 15) is 4.79 Å². The Hall–Kier alpha value is -1.89. The van der Waals surface area contributed by atoms with E-state index in [1.807, 2.05) is 0 Å². The molecule has 2 aromatic rings. The zero-order valence-corrected chi connectivity index (χ0v) is 8.45. The number of hydrogen-bond acceptors (Lipinski definition) is 6. The smallest absolute Gasteiger partial charge is 0.358 e. The lowest BCUT2D eigenvalue weighted by atomic mass is 10.3. The summed E-state index contributed by atoms with van der Waals surface area (Å²) in [5, 5.41) is 12.5. The molecule has 0 radical (unpaired) electrons. The third kappa shape index (κ3) is 1.82. The summed E-state index contributed by atoms with van der Waals surface area (Å²) in [5.41, 5.74) is -0.127. The number of rotatable bonds is 3. The largest absolute Gasteiger partial charge is 0.476 e. The Balaban J connectivity index is 2.32. The summed E-state index contributed by atoms with van der Waals surface area (Å²) in [6.45, 7) is 0. The summed E-state index contributed by atoms with van der Waals surface area (Å²) < 4.78 is 9.75. The van der Waals surface area contributed by atoms with Crippen LogP contribution in [0.3, 0.4) is 0 Å². The first kappa shape index (κ1) is 9.66. The van der Waals surface area contributed by atoms with Crippen molar-refractivity contribution in [1.29, 1.82) is 0 Å². The molecule has 0 amide bonds. The lowest BCUT2D eigenvalue weighted by Gasteiger charge is -1.86. The quantitative estimate of drug-likeness (QED) is 0.853. The highest BCUT2D eigenvalue weighted by molar-refractivity contribution is 7.16. The molecule has 2 aromatic heterocycles. The third-order valence-corrected chi connectivity index (χ3v) is 2.60. The molecule has 0 atom stereocenters. The van der Waals surface area contributed by atoms with Gasteiger partial charge in [0.2, 0.25) is 0 Å². The van der Waals surface area contributed by atoms with E-state index in [4.69, 9.17) is 14.4 Å². The van der Waals surface area contributed by atoms with E-state index < -0.39 is 5.97 Å². The lowest BCUT2D eigenvalue weighted by molar-refractivity contribution is 0.0686. The van der Waals surface area contributed by atoms with Crippen molar-refractivity contribution in [2.45, 2.75) is 0 Å². The molecule has 0 aliphatic rings. The predicted octanol–water partition coefficient (Wildman–Crippen LogP) is 1.50. The van der Waals surface area contributed by atoms with E-state index in [2.05, 4.69) is 10.1 Å². The Morgan fingerprint density at radius 1 is 1.67 bits per heavy atom. The van der Waals surface area contributed by atoms with Gasteiger partial charge in [0.05, 0.1) is 18.2 Å². The van der Waals surface area contributed by atoms with E-state index in [1.165, 1.54) is 30.7 Å². The molecule has 0 unspecified atom stereocenters. The first-order chi connectivity index (χ1) is 7.20. The number of ether oxygens (including phenoxy) is 1. The Labute approximate surface area is 88.1 Å². The molecular weight excluding hydrogens is 220 g/mol. The lowest BCUT2D eigenvalue weighted by Crippen LogP contribution is -1.94. The van der Waals surface area contributed by atoms with Crippen LogP contribution in [0.5, 0.6) is 5.19 Å². The van der Waals surface area contributed by atoms with Gasteiger partial charge in [-0.05, 0) is 0 Å². The molecule has 0 saturated heterocycles. The van der Waals surface area contributed by atoms with Crippen molar-refractivity contribution in [3.05, 3.63) is 18.0 Å². The average molecular weight is 226 g/mol. The first-order valence-corrected chi connectivity index (χ1v) is 4.72. The van der Waals surface area contributed by atoms with Crippen LogP contribution in [0.1, 0.15) is 10.5 Å². The third-order valence-electron chi connectivity index (χ3n) is 1.63. The molecule has 78 valence electrons. The maximum absolute atomic E-state index is 10.5. The van der Waals surface area contributed by atoms with Gasteiger partial charge in [0.15, 0.2) is 11.5 Å². The van der Waals surface area contributed by atoms with E-state index in [1.54, 1.807) is 0 Å². The number of thiazole rings is 1. The van der Waals surface area contributed by atoms with Gasteiger partial charge < -0.3 is 14.4 Å². The Morgan fingerprint density at radius 2 is 2.47 bits per heavy atom. The van der Waals surface area contributed by atoms with Gasteiger partial charge in [-0.15, -0.1) is 0 Å². The van der Waals surface area contributed by atoms with Gasteiger partial charge in [-0.1, -0.05) is 16.5 Å². The fraction of sp³-hybridized carbons (Fsp3) is 0.125. The Bertz CT molecular complexity index is 490. The van der Waals surface area contributed by atoms with Crippen molar-refractivity contribution in [2.75, 3.05) is 7.11 Å². The molecule has 6 nitrogen and oxygen atoms in total. The van der Waals surface area contributed by atoms with E-state index >= 15 is 0 Å². The molecule has 0 bridgehead atoms. The average Bonchev–Trinajstić information content (AvgIpc) is 2.86. The summed E-state index contributed by atoms with van der Waals surface area (Å²) >= 11 is 1.25. The number of nitrogens with zero attached hydrogens (tertiary/aromatic N) is 2. The van der Waals surface area contributed by atoms with Crippen LogP contribution in [-0.4, -0.2) is 28.3 Å². The number of carboxylic acids is 1. The molecule has 0 spiro atoms. The molecule has 0 aliphatic heterocycles. The number of aromatic carboxylic acids is 1. The monoisotopic (exact) mass is 226 g/mol. The van der Waals surface area contributed by atoms with Gasteiger partial charge in [-0.25, -0.2) is 9.78 Å². The van der Waals surface area contributed by atoms with Crippen molar-refractivity contribution < 1.29 is 19.2 Å². The van der Waals surface area contributed by atoms with Crippen LogP contribution in [0.4, 0.5) is 0 Å². The molecule has 0 saturated carbocycles. The molecular formula is C8H6N2O4S. The second-order valence-corrected chi connectivity index (χ2v) is 3.57. The highest BCUT2D eigenvalue weighted by atomic mass is 32.1. The molecule has 15 heavy (non-hydrogen) atoms. The number of carboxylic acid groups (broad SMARTS) is 1. The van der Waals surface area contributed by atoms with Gasteiger partial charge in [0.1, 0.15) is 0 Å². The second kappa shape index (κ2) is 3.70. The fourth-order valence-corrected chi connectivity index (χ4v) is 1.64. The molecule has 1 N–H and O–H groups in total. The predicted molar refractivity (Wildman–Crippen MR) is 51.1 cm³/mol. The summed E-state index contributed by atoms with van der Waals surface area (Å²) in [4.78, 5) is 15.1. The zero-order valence-electron chi connectivity index (χ0n) is 7.63. The fourth-order valence-electron chi connectivity index (χ4n) is 0.959. The van der Waals surface area contributed by atoms with Crippen molar-refractivity contribution in [3.8, 4) is 15.8 Å². The van der Waals surface area contributed by atoms with Crippen LogP contribution in [-0.2, 0) is 0 Å². The number of hydrogen-bond donors (Lipinski definition) is 1. The molecule has 2 rings (SSSR count). The van der Waals surface area contributed by atoms with Crippen LogP contribution < -0.4 is 4.74 Å². The van der Waals surface area contributed by atoms with Crippen molar-refractivity contribution in [2.24, 2.45) is 0 Å². The Kier molecular flexibility index (Phi) is 2.38. The number of aromatic nitrogens is 2. The summed E-state index contributed by atoms with van der Waals surface area (Å²) in [6, 6.07) is 1.34. The molecule has 0 aromatic carbocycles. The van der Waals surface area contributed by atoms with Gasteiger partial charge >= 0.3 is 5.97 Å². The SMILES string of the molecule is COc1ncc(-c2cc(C(=O)O)no2)s1. The maximum atomic E-state index is 10.5. The van der Waals surface area contributed by atoms with Gasteiger partial charge in [0.25, 0.3) is 5.19 Å². The second-order valence-electron chi connectivity index (χ2n) is 2.58. The topological polar surface area (TPSA) is 85.5 Å². The standard InChI is InChI=1S/C8H6N2O4S/c1-13-8-9-3-6(15-8)5-2-4(7(11)12)10-14-5/h2-3H,1H3,(H,11,12). The van der Waals surface area contributed by atoms with Crippen LogP contribution in [0.2, 0.25) is 0 Å². The highest BCUT2D eigenvalue weighted by Crippen LogP contribution is 2.30. The van der Waals surface area contributed by atoms with E-state index in [0.29, 0.717) is 15.8 Å². The molecule has 0 aliphatic carbocycles. The summed E-state index contributed by atoms with van der Waals surface area (Å²) in [7, 11) is 1.51.